The van der Waals surface area contributed by atoms with Crippen molar-refractivity contribution < 1.29 is 4.74 Å². The zero-order valence-electron chi connectivity index (χ0n) is 13.9. The van der Waals surface area contributed by atoms with E-state index in [9.17, 15) is 0 Å². The SMILES string of the molecule is CC(C)n1cnnc1CN(Cc1ccncc1)CC1CCCO1. The highest BCUT2D eigenvalue weighted by Gasteiger charge is 2.21. The molecule has 1 atom stereocenters. The van der Waals surface area contributed by atoms with E-state index in [1.807, 2.05) is 18.7 Å². The van der Waals surface area contributed by atoms with Crippen LogP contribution in [0.25, 0.3) is 0 Å². The smallest absolute Gasteiger partial charge is 0.147 e. The second-order valence-electron chi connectivity index (χ2n) is 6.41. The summed E-state index contributed by atoms with van der Waals surface area (Å²) in [6.45, 7) is 7.76. The summed E-state index contributed by atoms with van der Waals surface area (Å²) in [5.74, 6) is 1.01. The van der Waals surface area contributed by atoms with Crippen LogP contribution in [0, 0.1) is 0 Å². The van der Waals surface area contributed by atoms with Crippen LogP contribution in [0.2, 0.25) is 0 Å². The van der Waals surface area contributed by atoms with Crippen molar-refractivity contribution >= 4 is 0 Å². The van der Waals surface area contributed by atoms with E-state index >= 15 is 0 Å². The van der Waals surface area contributed by atoms with Crippen LogP contribution in [0.3, 0.4) is 0 Å². The lowest BCUT2D eigenvalue weighted by Gasteiger charge is -2.25. The number of hydrogen-bond acceptors (Lipinski definition) is 5. The fourth-order valence-corrected chi connectivity index (χ4v) is 3.02. The second-order valence-corrected chi connectivity index (χ2v) is 6.41. The molecule has 3 heterocycles. The summed E-state index contributed by atoms with van der Waals surface area (Å²) in [6.07, 6.45) is 8.13. The molecule has 0 amide bonds. The largest absolute Gasteiger partial charge is 0.377 e. The van der Waals surface area contributed by atoms with Gasteiger partial charge in [0, 0.05) is 38.1 Å². The van der Waals surface area contributed by atoms with Crippen LogP contribution in [0.1, 0.15) is 44.1 Å². The molecule has 0 aliphatic carbocycles. The van der Waals surface area contributed by atoms with Gasteiger partial charge in [0.05, 0.1) is 12.6 Å². The summed E-state index contributed by atoms with van der Waals surface area (Å²) in [7, 11) is 0. The van der Waals surface area contributed by atoms with Gasteiger partial charge in [0.25, 0.3) is 0 Å². The molecule has 1 saturated heterocycles. The Morgan fingerprint density at radius 3 is 2.83 bits per heavy atom. The number of ether oxygens (including phenoxy) is 1. The van der Waals surface area contributed by atoms with Gasteiger partial charge in [0.15, 0.2) is 0 Å². The summed E-state index contributed by atoms with van der Waals surface area (Å²) in [4.78, 5) is 6.50. The van der Waals surface area contributed by atoms with E-state index in [1.165, 1.54) is 5.56 Å². The fraction of sp³-hybridized carbons (Fsp3) is 0.588. The molecule has 6 heteroatoms. The molecule has 6 nitrogen and oxygen atoms in total. The molecule has 0 spiro atoms. The van der Waals surface area contributed by atoms with Gasteiger partial charge in [0.2, 0.25) is 0 Å². The number of nitrogens with zero attached hydrogens (tertiary/aromatic N) is 5. The number of pyridine rings is 1. The highest BCUT2D eigenvalue weighted by Crippen LogP contribution is 2.17. The molecule has 124 valence electrons. The lowest BCUT2D eigenvalue weighted by atomic mass is 10.2. The van der Waals surface area contributed by atoms with Crippen molar-refractivity contribution in [1.82, 2.24) is 24.6 Å². The van der Waals surface area contributed by atoms with Crippen molar-refractivity contribution in [3.05, 3.63) is 42.2 Å². The number of hydrogen-bond donors (Lipinski definition) is 0. The summed E-state index contributed by atoms with van der Waals surface area (Å²) in [6, 6.07) is 4.50. The molecule has 0 radical (unpaired) electrons. The topological polar surface area (TPSA) is 56.1 Å². The third-order valence-corrected chi connectivity index (χ3v) is 4.21. The minimum Gasteiger partial charge on any atom is -0.377 e. The van der Waals surface area contributed by atoms with E-state index in [-0.39, 0.29) is 0 Å². The Kier molecular flexibility index (Phi) is 5.35. The Hall–Kier alpha value is -1.79. The van der Waals surface area contributed by atoms with E-state index in [2.05, 4.69) is 50.6 Å². The predicted molar refractivity (Wildman–Crippen MR) is 87.7 cm³/mol. The van der Waals surface area contributed by atoms with Crippen molar-refractivity contribution in [2.75, 3.05) is 13.2 Å². The molecule has 23 heavy (non-hydrogen) atoms. The number of aromatic nitrogens is 4. The van der Waals surface area contributed by atoms with Gasteiger partial charge in [-0.25, -0.2) is 0 Å². The zero-order valence-corrected chi connectivity index (χ0v) is 13.9. The molecule has 1 aliphatic heterocycles. The van der Waals surface area contributed by atoms with Crippen LogP contribution in [-0.2, 0) is 17.8 Å². The lowest BCUT2D eigenvalue weighted by Crippen LogP contribution is -2.32. The maximum absolute atomic E-state index is 5.82. The van der Waals surface area contributed by atoms with Gasteiger partial charge >= 0.3 is 0 Å². The quantitative estimate of drug-likeness (QED) is 0.785. The molecule has 0 N–H and O–H groups in total. The fourth-order valence-electron chi connectivity index (χ4n) is 3.02. The van der Waals surface area contributed by atoms with Gasteiger partial charge in [-0.2, -0.15) is 0 Å². The van der Waals surface area contributed by atoms with E-state index in [0.717, 1.165) is 44.9 Å². The Morgan fingerprint density at radius 2 is 2.13 bits per heavy atom. The van der Waals surface area contributed by atoms with Crippen molar-refractivity contribution in [3.63, 3.8) is 0 Å². The Labute approximate surface area is 137 Å². The molecule has 0 bridgehead atoms. The molecular weight excluding hydrogens is 290 g/mol. The molecule has 2 aromatic heterocycles. The number of rotatable bonds is 7. The van der Waals surface area contributed by atoms with Crippen LogP contribution in [0.15, 0.2) is 30.9 Å². The van der Waals surface area contributed by atoms with Crippen molar-refractivity contribution in [2.24, 2.45) is 0 Å². The highest BCUT2D eigenvalue weighted by molar-refractivity contribution is 5.09. The molecule has 2 aromatic rings. The van der Waals surface area contributed by atoms with Gasteiger partial charge in [-0.3, -0.25) is 9.88 Å². The molecule has 1 aliphatic rings. The Balaban J connectivity index is 1.72. The van der Waals surface area contributed by atoms with Crippen LogP contribution in [0.5, 0.6) is 0 Å². The van der Waals surface area contributed by atoms with E-state index in [1.54, 1.807) is 0 Å². The monoisotopic (exact) mass is 315 g/mol. The molecule has 3 rings (SSSR count). The van der Waals surface area contributed by atoms with E-state index < -0.39 is 0 Å². The first-order valence-corrected chi connectivity index (χ1v) is 8.33. The minimum absolute atomic E-state index is 0.326. The van der Waals surface area contributed by atoms with Crippen LogP contribution < -0.4 is 0 Å². The summed E-state index contributed by atoms with van der Waals surface area (Å²) < 4.78 is 7.96. The van der Waals surface area contributed by atoms with Crippen LogP contribution in [-0.4, -0.2) is 43.9 Å². The third kappa shape index (κ3) is 4.36. The molecule has 0 aromatic carbocycles. The highest BCUT2D eigenvalue weighted by atomic mass is 16.5. The first kappa shape index (κ1) is 16.1. The normalized spacial score (nSPS) is 18.2. The van der Waals surface area contributed by atoms with Gasteiger partial charge in [-0.1, -0.05) is 0 Å². The minimum atomic E-state index is 0.326. The van der Waals surface area contributed by atoms with Gasteiger partial charge in [0.1, 0.15) is 12.2 Å². The van der Waals surface area contributed by atoms with Crippen LogP contribution >= 0.6 is 0 Å². The summed E-state index contributed by atoms with van der Waals surface area (Å²) >= 11 is 0. The molecule has 1 unspecified atom stereocenters. The predicted octanol–water partition coefficient (Wildman–Crippen LogP) is 2.44. The van der Waals surface area contributed by atoms with Crippen molar-refractivity contribution in [1.29, 1.82) is 0 Å². The average Bonchev–Trinajstić information content (AvgIpc) is 3.20. The Bertz CT molecular complexity index is 592. The maximum atomic E-state index is 5.82. The van der Waals surface area contributed by atoms with Gasteiger partial charge < -0.3 is 9.30 Å². The first-order chi connectivity index (χ1) is 11.2. The maximum Gasteiger partial charge on any atom is 0.147 e. The van der Waals surface area contributed by atoms with E-state index in [0.29, 0.717) is 12.1 Å². The van der Waals surface area contributed by atoms with Crippen molar-refractivity contribution in [3.8, 4) is 0 Å². The Morgan fingerprint density at radius 1 is 1.30 bits per heavy atom. The molecular formula is C17H25N5O. The third-order valence-electron chi connectivity index (χ3n) is 4.21. The van der Waals surface area contributed by atoms with Crippen LogP contribution in [0.4, 0.5) is 0 Å². The lowest BCUT2D eigenvalue weighted by molar-refractivity contribution is 0.0664. The van der Waals surface area contributed by atoms with Crippen molar-refractivity contribution in [2.45, 2.75) is 51.9 Å². The molecule has 0 saturated carbocycles. The first-order valence-electron chi connectivity index (χ1n) is 8.33. The standard InChI is InChI=1S/C17H25N5O/c1-14(2)22-13-19-20-17(22)12-21(11-16-4-3-9-23-16)10-15-5-7-18-8-6-15/h5-8,13-14,16H,3-4,9-12H2,1-2H3. The van der Waals surface area contributed by atoms with Gasteiger partial charge in [-0.15, -0.1) is 10.2 Å². The average molecular weight is 315 g/mol. The summed E-state index contributed by atoms with van der Waals surface area (Å²) in [5.41, 5.74) is 1.26. The molecule has 1 fully saturated rings. The zero-order chi connectivity index (χ0) is 16.1. The van der Waals surface area contributed by atoms with Gasteiger partial charge in [-0.05, 0) is 44.4 Å². The summed E-state index contributed by atoms with van der Waals surface area (Å²) in [5, 5.41) is 8.39. The van der Waals surface area contributed by atoms with E-state index in [4.69, 9.17) is 4.74 Å². The second kappa shape index (κ2) is 7.66.